The summed E-state index contributed by atoms with van der Waals surface area (Å²) in [5.74, 6) is -0.187. The first kappa shape index (κ1) is 16.2. The van der Waals surface area contributed by atoms with Crippen molar-refractivity contribution < 1.29 is 13.2 Å². The molecule has 0 aromatic carbocycles. The number of aromatic nitrogens is 1. The van der Waals surface area contributed by atoms with Crippen LogP contribution in [0.15, 0.2) is 16.7 Å². The first-order valence-electron chi connectivity index (χ1n) is 6.03. The van der Waals surface area contributed by atoms with Gasteiger partial charge in [0.15, 0.2) is 0 Å². The second-order valence-electron chi connectivity index (χ2n) is 4.59. The summed E-state index contributed by atoms with van der Waals surface area (Å²) in [5, 5.41) is 0. The zero-order chi connectivity index (χ0) is 14.6. The standard InChI is InChI=1S/C12H19BrN2O3S/c1-4-5-15-9-10(13)8-11(15)12(16)14(2)6-7-19(3,17)18/h8-9H,4-7H2,1-3H3. The van der Waals surface area contributed by atoms with E-state index in [-0.39, 0.29) is 18.2 Å². The Hall–Kier alpha value is -0.820. The first-order chi connectivity index (χ1) is 8.74. The molecule has 1 amide bonds. The molecule has 5 nitrogen and oxygen atoms in total. The molecule has 1 aromatic heterocycles. The van der Waals surface area contributed by atoms with Crippen LogP contribution < -0.4 is 0 Å². The smallest absolute Gasteiger partial charge is 0.270 e. The molecule has 0 bridgehead atoms. The maximum Gasteiger partial charge on any atom is 0.270 e. The summed E-state index contributed by atoms with van der Waals surface area (Å²) in [6.45, 7) is 2.99. The second-order valence-corrected chi connectivity index (χ2v) is 7.77. The highest BCUT2D eigenvalue weighted by atomic mass is 79.9. The molecule has 0 aliphatic rings. The summed E-state index contributed by atoms with van der Waals surface area (Å²) in [4.78, 5) is 13.7. The van der Waals surface area contributed by atoms with Gasteiger partial charge in [0.25, 0.3) is 5.91 Å². The molecular formula is C12H19BrN2O3S. The van der Waals surface area contributed by atoms with Crippen molar-refractivity contribution in [1.82, 2.24) is 9.47 Å². The Kier molecular flexibility index (Phi) is 5.61. The van der Waals surface area contributed by atoms with Crippen molar-refractivity contribution in [2.75, 3.05) is 25.6 Å². The van der Waals surface area contributed by atoms with E-state index in [2.05, 4.69) is 15.9 Å². The van der Waals surface area contributed by atoms with Gasteiger partial charge in [0, 0.05) is 37.1 Å². The largest absolute Gasteiger partial charge is 0.342 e. The van der Waals surface area contributed by atoms with E-state index in [1.54, 1.807) is 13.1 Å². The number of carbonyl (C=O) groups is 1. The molecule has 108 valence electrons. The van der Waals surface area contributed by atoms with E-state index in [9.17, 15) is 13.2 Å². The summed E-state index contributed by atoms with van der Waals surface area (Å²) >= 11 is 3.35. The lowest BCUT2D eigenvalue weighted by Gasteiger charge is -2.17. The van der Waals surface area contributed by atoms with Crippen LogP contribution in [0.1, 0.15) is 23.8 Å². The topological polar surface area (TPSA) is 59.4 Å². The monoisotopic (exact) mass is 350 g/mol. The van der Waals surface area contributed by atoms with Crippen molar-refractivity contribution >= 4 is 31.7 Å². The highest BCUT2D eigenvalue weighted by Gasteiger charge is 2.18. The average molecular weight is 351 g/mol. The van der Waals surface area contributed by atoms with Gasteiger partial charge >= 0.3 is 0 Å². The van der Waals surface area contributed by atoms with Gasteiger partial charge in [-0.2, -0.15) is 0 Å². The van der Waals surface area contributed by atoms with Gasteiger partial charge in [0.05, 0.1) is 5.75 Å². The van der Waals surface area contributed by atoms with E-state index in [0.717, 1.165) is 17.4 Å². The summed E-state index contributed by atoms with van der Waals surface area (Å²) in [6, 6.07) is 1.76. The number of aryl methyl sites for hydroxylation is 1. The van der Waals surface area contributed by atoms with Crippen LogP contribution in [0.2, 0.25) is 0 Å². The van der Waals surface area contributed by atoms with Crippen LogP contribution in [0.3, 0.4) is 0 Å². The van der Waals surface area contributed by atoms with Crippen LogP contribution in [0.5, 0.6) is 0 Å². The molecule has 0 saturated carbocycles. The number of carbonyl (C=O) groups excluding carboxylic acids is 1. The van der Waals surface area contributed by atoms with E-state index in [4.69, 9.17) is 0 Å². The Bertz CT molecular complexity index is 551. The average Bonchev–Trinajstić information content (AvgIpc) is 2.66. The molecule has 0 N–H and O–H groups in total. The number of hydrogen-bond acceptors (Lipinski definition) is 3. The number of amides is 1. The van der Waals surface area contributed by atoms with Crippen LogP contribution in [-0.4, -0.2) is 49.4 Å². The lowest BCUT2D eigenvalue weighted by molar-refractivity contribution is 0.0792. The van der Waals surface area contributed by atoms with Crippen molar-refractivity contribution in [2.24, 2.45) is 0 Å². The van der Waals surface area contributed by atoms with E-state index in [1.807, 2.05) is 17.7 Å². The molecule has 0 aliphatic carbocycles. The van der Waals surface area contributed by atoms with Crippen molar-refractivity contribution in [1.29, 1.82) is 0 Å². The molecule has 0 atom stereocenters. The zero-order valence-electron chi connectivity index (χ0n) is 11.4. The number of sulfone groups is 1. The normalized spacial score (nSPS) is 11.6. The zero-order valence-corrected chi connectivity index (χ0v) is 13.8. The molecule has 1 aromatic rings. The van der Waals surface area contributed by atoms with Crippen LogP contribution in [0, 0.1) is 0 Å². The Morgan fingerprint density at radius 3 is 2.63 bits per heavy atom. The summed E-state index contributed by atoms with van der Waals surface area (Å²) in [6.07, 6.45) is 3.96. The Morgan fingerprint density at radius 2 is 2.11 bits per heavy atom. The van der Waals surface area contributed by atoms with Crippen LogP contribution in [0.25, 0.3) is 0 Å². The first-order valence-corrected chi connectivity index (χ1v) is 8.89. The molecular weight excluding hydrogens is 332 g/mol. The molecule has 0 aliphatic heterocycles. The molecule has 0 spiro atoms. The Balaban J connectivity index is 2.81. The van der Waals surface area contributed by atoms with Gasteiger partial charge in [-0.1, -0.05) is 6.92 Å². The van der Waals surface area contributed by atoms with E-state index in [1.165, 1.54) is 11.2 Å². The van der Waals surface area contributed by atoms with Gasteiger partial charge < -0.3 is 9.47 Å². The van der Waals surface area contributed by atoms with Crippen molar-refractivity contribution in [3.05, 3.63) is 22.4 Å². The quantitative estimate of drug-likeness (QED) is 0.785. The lowest BCUT2D eigenvalue weighted by atomic mass is 10.3. The molecule has 0 radical (unpaired) electrons. The summed E-state index contributed by atoms with van der Waals surface area (Å²) in [7, 11) is -1.44. The summed E-state index contributed by atoms with van der Waals surface area (Å²) < 4.78 is 25.0. The number of rotatable bonds is 6. The number of halogens is 1. The van der Waals surface area contributed by atoms with Crippen molar-refractivity contribution in [3.63, 3.8) is 0 Å². The SMILES string of the molecule is CCCn1cc(Br)cc1C(=O)N(C)CCS(C)(=O)=O. The fourth-order valence-electron chi connectivity index (χ4n) is 1.68. The third-order valence-corrected chi connectivity index (χ3v) is 4.05. The highest BCUT2D eigenvalue weighted by molar-refractivity contribution is 9.10. The molecule has 0 unspecified atom stereocenters. The predicted octanol–water partition coefficient (Wildman–Crippen LogP) is 1.78. The van der Waals surface area contributed by atoms with Gasteiger partial charge in [-0.15, -0.1) is 0 Å². The maximum absolute atomic E-state index is 12.3. The second kappa shape index (κ2) is 6.56. The number of nitrogens with zero attached hydrogens (tertiary/aromatic N) is 2. The van der Waals surface area contributed by atoms with Gasteiger partial charge in [-0.25, -0.2) is 8.42 Å². The van der Waals surface area contributed by atoms with E-state index < -0.39 is 9.84 Å². The van der Waals surface area contributed by atoms with E-state index >= 15 is 0 Å². The van der Waals surface area contributed by atoms with Gasteiger partial charge in [-0.3, -0.25) is 4.79 Å². The van der Waals surface area contributed by atoms with Crippen LogP contribution in [-0.2, 0) is 16.4 Å². The lowest BCUT2D eigenvalue weighted by Crippen LogP contribution is -2.32. The Morgan fingerprint density at radius 1 is 1.47 bits per heavy atom. The molecule has 0 saturated heterocycles. The van der Waals surface area contributed by atoms with Crippen LogP contribution >= 0.6 is 15.9 Å². The highest BCUT2D eigenvalue weighted by Crippen LogP contribution is 2.17. The van der Waals surface area contributed by atoms with Gasteiger partial charge in [0.2, 0.25) is 0 Å². The minimum Gasteiger partial charge on any atom is -0.342 e. The third-order valence-electron chi connectivity index (χ3n) is 2.69. The minimum atomic E-state index is -3.06. The van der Waals surface area contributed by atoms with Gasteiger partial charge in [-0.05, 0) is 28.4 Å². The molecule has 1 rings (SSSR count). The predicted molar refractivity (Wildman–Crippen MR) is 79.1 cm³/mol. The molecule has 7 heteroatoms. The molecule has 19 heavy (non-hydrogen) atoms. The van der Waals surface area contributed by atoms with Crippen molar-refractivity contribution in [2.45, 2.75) is 19.9 Å². The van der Waals surface area contributed by atoms with E-state index in [0.29, 0.717) is 5.69 Å². The minimum absolute atomic E-state index is 0.0229. The third kappa shape index (κ3) is 4.99. The van der Waals surface area contributed by atoms with Crippen LogP contribution in [0.4, 0.5) is 0 Å². The Labute approximate surface area is 122 Å². The summed E-state index contributed by atoms with van der Waals surface area (Å²) in [5.41, 5.74) is 0.574. The molecule has 1 heterocycles. The number of hydrogen-bond donors (Lipinski definition) is 0. The van der Waals surface area contributed by atoms with Gasteiger partial charge in [0.1, 0.15) is 15.5 Å². The fourth-order valence-corrected chi connectivity index (χ4v) is 2.75. The fraction of sp³-hybridized carbons (Fsp3) is 0.583. The maximum atomic E-state index is 12.3. The van der Waals surface area contributed by atoms with Crippen molar-refractivity contribution in [3.8, 4) is 0 Å². The molecule has 0 fully saturated rings.